The van der Waals surface area contributed by atoms with Crippen LogP contribution < -0.4 is 15.2 Å². The molecule has 5 nitrogen and oxygen atoms in total. The Morgan fingerprint density at radius 2 is 1.69 bits per heavy atom. The molecule has 0 aliphatic carbocycles. The van der Waals surface area contributed by atoms with Crippen LogP contribution in [-0.4, -0.2) is 43.2 Å². The van der Waals surface area contributed by atoms with E-state index in [-0.39, 0.29) is 30.3 Å². The van der Waals surface area contributed by atoms with E-state index in [0.717, 1.165) is 5.75 Å². The fourth-order valence-electron chi connectivity index (χ4n) is 3.23. The summed E-state index contributed by atoms with van der Waals surface area (Å²) < 4.78 is 10.9. The predicted molar refractivity (Wildman–Crippen MR) is 104 cm³/mol. The lowest BCUT2D eigenvalue weighted by Gasteiger charge is -2.22. The first-order valence-electron chi connectivity index (χ1n) is 8.48. The quantitative estimate of drug-likeness (QED) is 0.871. The number of nitrogens with two attached hydrogens (primary N) is 1. The number of methoxy groups -OCH3 is 1. The van der Waals surface area contributed by atoms with E-state index in [1.807, 2.05) is 30.3 Å². The summed E-state index contributed by atoms with van der Waals surface area (Å²) >= 11 is 0. The van der Waals surface area contributed by atoms with Gasteiger partial charge in [0, 0.05) is 25.0 Å². The van der Waals surface area contributed by atoms with Gasteiger partial charge in [-0.15, -0.1) is 12.4 Å². The number of hydrogen-bond acceptors (Lipinski definition) is 4. The maximum absolute atomic E-state index is 12.7. The lowest BCUT2D eigenvalue weighted by molar-refractivity contribution is -0.136. The number of halogens is 1. The molecule has 0 aromatic heterocycles. The molecule has 6 heteroatoms. The normalized spacial score (nSPS) is 20.2. The zero-order chi connectivity index (χ0) is 17.8. The summed E-state index contributed by atoms with van der Waals surface area (Å²) in [5.41, 5.74) is 7.45. The third-order valence-electron chi connectivity index (χ3n) is 4.62. The summed E-state index contributed by atoms with van der Waals surface area (Å²) in [5, 5.41) is 0. The van der Waals surface area contributed by atoms with E-state index in [9.17, 15) is 4.79 Å². The van der Waals surface area contributed by atoms with Crippen LogP contribution in [0.1, 0.15) is 18.4 Å². The highest BCUT2D eigenvalue weighted by Gasteiger charge is 2.35. The first-order valence-corrected chi connectivity index (χ1v) is 8.48. The van der Waals surface area contributed by atoms with E-state index in [2.05, 4.69) is 12.1 Å². The highest BCUT2D eigenvalue weighted by atomic mass is 35.5. The maximum Gasteiger partial charge on any atom is 0.263 e. The Hall–Kier alpha value is -2.24. The third kappa shape index (κ3) is 4.48. The van der Waals surface area contributed by atoms with Gasteiger partial charge in [0.1, 0.15) is 11.5 Å². The Kier molecular flexibility index (Phi) is 6.89. The molecule has 1 unspecified atom stereocenters. The largest absolute Gasteiger partial charge is 0.497 e. The fourth-order valence-corrected chi connectivity index (χ4v) is 3.23. The van der Waals surface area contributed by atoms with Crippen LogP contribution in [0.3, 0.4) is 0 Å². The van der Waals surface area contributed by atoms with Crippen LogP contribution in [0, 0.1) is 0 Å². The van der Waals surface area contributed by atoms with E-state index in [4.69, 9.17) is 15.2 Å². The molecule has 1 amide bonds. The number of nitrogens with zero attached hydrogens (tertiary/aromatic N) is 1. The number of likely N-dealkylation sites (tertiary alicyclic amines) is 1. The molecule has 2 aromatic rings. The highest BCUT2D eigenvalue weighted by molar-refractivity contribution is 5.85. The molecule has 1 aliphatic rings. The maximum atomic E-state index is 12.7. The molecule has 0 saturated carbocycles. The number of benzene rings is 2. The Balaban J connectivity index is 0.00000243. The zero-order valence-electron chi connectivity index (χ0n) is 15.0. The van der Waals surface area contributed by atoms with Crippen molar-refractivity contribution in [3.8, 4) is 11.5 Å². The molecule has 140 valence electrons. The van der Waals surface area contributed by atoms with Crippen LogP contribution in [0.4, 0.5) is 0 Å². The van der Waals surface area contributed by atoms with Gasteiger partial charge in [-0.1, -0.05) is 30.3 Å². The first kappa shape index (κ1) is 20.1. The molecule has 1 aliphatic heterocycles. The second kappa shape index (κ2) is 8.92. The number of rotatable bonds is 5. The summed E-state index contributed by atoms with van der Waals surface area (Å²) in [4.78, 5) is 14.5. The molecule has 1 fully saturated rings. The molecule has 3 rings (SSSR count). The van der Waals surface area contributed by atoms with Crippen molar-refractivity contribution < 1.29 is 14.3 Å². The Bertz CT molecular complexity index is 709. The molecule has 0 radical (unpaired) electrons. The molecule has 3 atom stereocenters. The van der Waals surface area contributed by atoms with E-state index >= 15 is 0 Å². The van der Waals surface area contributed by atoms with E-state index in [1.165, 1.54) is 5.56 Å². The molecule has 1 saturated heterocycles. The lowest BCUT2D eigenvalue weighted by atomic mass is 9.95. The number of amides is 1. The topological polar surface area (TPSA) is 64.8 Å². The molecule has 2 N–H and O–H groups in total. The number of hydrogen-bond donors (Lipinski definition) is 1. The van der Waals surface area contributed by atoms with Gasteiger partial charge < -0.3 is 20.1 Å². The number of carbonyl (C=O) groups excluding carboxylic acids is 1. The summed E-state index contributed by atoms with van der Waals surface area (Å²) in [6.07, 6.45) is -0.560. The minimum absolute atomic E-state index is 0. The first-order chi connectivity index (χ1) is 12.1. The standard InChI is InChI=1S/C20H24N2O3.ClH/c1-14(25-17-10-8-16(24-2)9-11-17)20(23)22-12-18(19(21)13-22)15-6-4-3-5-7-15;/h3-11,14,18-19H,12-13,21H2,1-2H3;1H/t14?,18-,19+;/m0./s1. The third-order valence-corrected chi connectivity index (χ3v) is 4.62. The van der Waals surface area contributed by atoms with Gasteiger partial charge in [-0.2, -0.15) is 0 Å². The molecular formula is C20H25ClN2O3. The van der Waals surface area contributed by atoms with Gasteiger partial charge in [0.25, 0.3) is 5.91 Å². The summed E-state index contributed by atoms with van der Waals surface area (Å²) in [5.74, 6) is 1.52. The van der Waals surface area contributed by atoms with Crippen molar-refractivity contribution in [1.29, 1.82) is 0 Å². The highest BCUT2D eigenvalue weighted by Crippen LogP contribution is 2.27. The van der Waals surface area contributed by atoms with Crippen molar-refractivity contribution in [3.05, 3.63) is 60.2 Å². The van der Waals surface area contributed by atoms with Crippen LogP contribution in [0.2, 0.25) is 0 Å². The predicted octanol–water partition coefficient (Wildman–Crippen LogP) is 2.84. The lowest BCUT2D eigenvalue weighted by Crippen LogP contribution is -2.40. The average Bonchev–Trinajstić information content (AvgIpc) is 3.04. The van der Waals surface area contributed by atoms with Crippen LogP contribution in [0.15, 0.2) is 54.6 Å². The molecule has 0 spiro atoms. The van der Waals surface area contributed by atoms with Crippen LogP contribution in [0.5, 0.6) is 11.5 Å². The molecule has 1 heterocycles. The van der Waals surface area contributed by atoms with E-state index in [1.54, 1.807) is 31.1 Å². The van der Waals surface area contributed by atoms with Gasteiger partial charge in [-0.25, -0.2) is 0 Å². The van der Waals surface area contributed by atoms with Crippen molar-refractivity contribution in [2.75, 3.05) is 20.2 Å². The van der Waals surface area contributed by atoms with Gasteiger partial charge in [0.05, 0.1) is 7.11 Å². The van der Waals surface area contributed by atoms with Gasteiger partial charge >= 0.3 is 0 Å². The summed E-state index contributed by atoms with van der Waals surface area (Å²) in [7, 11) is 1.61. The molecular weight excluding hydrogens is 352 g/mol. The van der Waals surface area contributed by atoms with E-state index < -0.39 is 6.10 Å². The number of carbonyl (C=O) groups is 1. The van der Waals surface area contributed by atoms with E-state index in [0.29, 0.717) is 18.8 Å². The van der Waals surface area contributed by atoms with Crippen molar-refractivity contribution in [3.63, 3.8) is 0 Å². The molecule has 26 heavy (non-hydrogen) atoms. The Morgan fingerprint density at radius 1 is 1.08 bits per heavy atom. The van der Waals surface area contributed by atoms with Crippen LogP contribution in [0.25, 0.3) is 0 Å². The SMILES string of the molecule is COc1ccc(OC(C)C(=O)N2C[C@@H](N)[C@H](c3ccccc3)C2)cc1.Cl. The Labute approximate surface area is 160 Å². The van der Waals surface area contributed by atoms with Crippen molar-refractivity contribution in [2.24, 2.45) is 5.73 Å². The van der Waals surface area contributed by atoms with Gasteiger partial charge in [-0.05, 0) is 36.8 Å². The fraction of sp³-hybridized carbons (Fsp3) is 0.350. The minimum Gasteiger partial charge on any atom is -0.497 e. The van der Waals surface area contributed by atoms with Crippen molar-refractivity contribution in [2.45, 2.75) is 25.0 Å². The zero-order valence-corrected chi connectivity index (χ0v) is 15.8. The number of ether oxygens (including phenoxy) is 2. The summed E-state index contributed by atoms with van der Waals surface area (Å²) in [6.45, 7) is 2.95. The average molecular weight is 377 g/mol. The summed E-state index contributed by atoms with van der Waals surface area (Å²) in [6, 6.07) is 17.3. The van der Waals surface area contributed by atoms with Gasteiger partial charge in [0.2, 0.25) is 0 Å². The van der Waals surface area contributed by atoms with Gasteiger partial charge in [0.15, 0.2) is 6.10 Å². The minimum atomic E-state index is -0.560. The second-order valence-electron chi connectivity index (χ2n) is 6.36. The molecule has 2 aromatic carbocycles. The van der Waals surface area contributed by atoms with Gasteiger partial charge in [-0.3, -0.25) is 4.79 Å². The molecule has 0 bridgehead atoms. The van der Waals surface area contributed by atoms with Crippen molar-refractivity contribution >= 4 is 18.3 Å². The second-order valence-corrected chi connectivity index (χ2v) is 6.36. The van der Waals surface area contributed by atoms with Crippen LogP contribution >= 0.6 is 12.4 Å². The monoisotopic (exact) mass is 376 g/mol. The smallest absolute Gasteiger partial charge is 0.263 e. The van der Waals surface area contributed by atoms with Crippen LogP contribution in [-0.2, 0) is 4.79 Å². The Morgan fingerprint density at radius 3 is 2.31 bits per heavy atom. The van der Waals surface area contributed by atoms with Crippen molar-refractivity contribution in [1.82, 2.24) is 4.90 Å².